The zero-order chi connectivity index (χ0) is 10.1. The van der Waals surface area contributed by atoms with Gasteiger partial charge in [-0.2, -0.15) is 0 Å². The molecule has 1 heterocycles. The number of thiophene rings is 1. The van der Waals surface area contributed by atoms with Crippen LogP contribution in [0.4, 0.5) is 4.39 Å². The number of rotatable bonds is 2. The molecule has 0 bridgehead atoms. The highest BCUT2D eigenvalue weighted by atomic mass is 79.9. The summed E-state index contributed by atoms with van der Waals surface area (Å²) in [5.74, 6) is -0.0396. The van der Waals surface area contributed by atoms with Crippen molar-refractivity contribution in [1.29, 1.82) is 0 Å². The van der Waals surface area contributed by atoms with Crippen molar-refractivity contribution in [3.63, 3.8) is 0 Å². The predicted octanol–water partition coefficient (Wildman–Crippen LogP) is 4.50. The van der Waals surface area contributed by atoms with E-state index in [0.29, 0.717) is 0 Å². The van der Waals surface area contributed by atoms with E-state index in [1.807, 2.05) is 24.4 Å². The van der Waals surface area contributed by atoms with Crippen LogP contribution in [-0.2, 0) is 11.8 Å². The minimum absolute atomic E-state index is 0.0396. The zero-order valence-corrected chi connectivity index (χ0v) is 10.2. The highest BCUT2D eigenvalue weighted by molar-refractivity contribution is 9.08. The molecule has 1 aromatic carbocycles. The average Bonchev–Trinajstić information content (AvgIpc) is 2.68. The number of fused-ring (bicyclic) bond motifs is 1. The number of hydrogen-bond donors (Lipinski definition) is 0. The molecule has 0 saturated carbocycles. The van der Waals surface area contributed by atoms with Gasteiger partial charge in [-0.25, -0.2) is 4.39 Å². The first kappa shape index (κ1) is 10.1. The molecule has 0 radical (unpaired) electrons. The summed E-state index contributed by atoms with van der Waals surface area (Å²) >= 11 is 4.91. The van der Waals surface area contributed by atoms with Crippen molar-refractivity contribution in [3.8, 4) is 0 Å². The van der Waals surface area contributed by atoms with Gasteiger partial charge in [-0.1, -0.05) is 28.9 Å². The van der Waals surface area contributed by atoms with Crippen molar-refractivity contribution in [3.05, 3.63) is 34.5 Å². The molecule has 0 fully saturated rings. The Bertz CT molecular complexity index is 462. The molecule has 0 atom stereocenters. The molecule has 0 saturated heterocycles. The van der Waals surface area contributed by atoms with Gasteiger partial charge in [0.15, 0.2) is 0 Å². The predicted molar refractivity (Wildman–Crippen MR) is 63.8 cm³/mol. The Labute approximate surface area is 94.9 Å². The molecule has 0 aliphatic heterocycles. The fraction of sp³-hybridized carbons (Fsp3) is 0.273. The standard InChI is InChI=1S/C11H10BrFS/c1-2-7-5-8(6-12)9-3-4-14-11(9)10(7)13/h3-5H,2,6H2,1H3. The number of hydrogen-bond acceptors (Lipinski definition) is 1. The van der Waals surface area contributed by atoms with Crippen LogP contribution in [0.2, 0.25) is 0 Å². The smallest absolute Gasteiger partial charge is 0.144 e. The third-order valence-electron chi connectivity index (χ3n) is 2.37. The molecular formula is C11H10BrFS. The van der Waals surface area contributed by atoms with Crippen molar-refractivity contribution in [2.24, 2.45) is 0 Å². The summed E-state index contributed by atoms with van der Waals surface area (Å²) in [7, 11) is 0. The number of halogens is 2. The SMILES string of the molecule is CCc1cc(CBr)c2ccsc2c1F. The van der Waals surface area contributed by atoms with E-state index >= 15 is 0 Å². The van der Waals surface area contributed by atoms with Crippen LogP contribution < -0.4 is 0 Å². The molecule has 74 valence electrons. The minimum atomic E-state index is -0.0396. The topological polar surface area (TPSA) is 0 Å². The van der Waals surface area contributed by atoms with Crippen molar-refractivity contribution >= 4 is 37.4 Å². The van der Waals surface area contributed by atoms with Crippen LogP contribution in [0, 0.1) is 5.82 Å². The summed E-state index contributed by atoms with van der Waals surface area (Å²) < 4.78 is 14.6. The first-order chi connectivity index (χ1) is 6.77. The largest absolute Gasteiger partial charge is 0.205 e. The second-order valence-corrected chi connectivity index (χ2v) is 4.64. The maximum atomic E-state index is 13.8. The van der Waals surface area contributed by atoms with Gasteiger partial charge in [0, 0.05) is 5.33 Å². The second kappa shape index (κ2) is 3.99. The highest BCUT2D eigenvalue weighted by Crippen LogP contribution is 2.31. The normalized spacial score (nSPS) is 11.1. The van der Waals surface area contributed by atoms with Crippen LogP contribution in [0.15, 0.2) is 17.5 Å². The molecule has 0 N–H and O–H groups in total. The van der Waals surface area contributed by atoms with Gasteiger partial charge in [-0.15, -0.1) is 11.3 Å². The maximum Gasteiger partial charge on any atom is 0.144 e. The molecular weight excluding hydrogens is 263 g/mol. The van der Waals surface area contributed by atoms with Crippen molar-refractivity contribution in [2.45, 2.75) is 18.7 Å². The average molecular weight is 273 g/mol. The molecule has 1 aromatic heterocycles. The zero-order valence-electron chi connectivity index (χ0n) is 7.81. The fourth-order valence-electron chi connectivity index (χ4n) is 1.60. The summed E-state index contributed by atoms with van der Waals surface area (Å²) in [4.78, 5) is 0. The summed E-state index contributed by atoms with van der Waals surface area (Å²) in [6.45, 7) is 1.98. The van der Waals surface area contributed by atoms with Crippen LogP contribution in [0.3, 0.4) is 0 Å². The molecule has 0 nitrogen and oxygen atoms in total. The van der Waals surface area contributed by atoms with E-state index < -0.39 is 0 Å². The van der Waals surface area contributed by atoms with Crippen LogP contribution >= 0.6 is 27.3 Å². The quantitative estimate of drug-likeness (QED) is 0.707. The Hall–Kier alpha value is -0.410. The van der Waals surface area contributed by atoms with E-state index in [1.54, 1.807) is 0 Å². The van der Waals surface area contributed by atoms with E-state index in [-0.39, 0.29) is 5.82 Å². The summed E-state index contributed by atoms with van der Waals surface area (Å²) in [5.41, 5.74) is 1.99. The van der Waals surface area contributed by atoms with Crippen molar-refractivity contribution in [1.82, 2.24) is 0 Å². The molecule has 0 unspecified atom stereocenters. The summed E-state index contributed by atoms with van der Waals surface area (Å²) in [6.07, 6.45) is 0.750. The number of benzene rings is 1. The van der Waals surface area contributed by atoms with Gasteiger partial charge in [0.2, 0.25) is 0 Å². The van der Waals surface area contributed by atoms with Crippen LogP contribution in [0.25, 0.3) is 10.1 Å². The minimum Gasteiger partial charge on any atom is -0.205 e. The molecule has 2 aromatic rings. The van der Waals surface area contributed by atoms with Gasteiger partial charge in [-0.3, -0.25) is 0 Å². The molecule has 0 amide bonds. The first-order valence-corrected chi connectivity index (χ1v) is 6.51. The van der Waals surface area contributed by atoms with Crippen molar-refractivity contribution in [2.75, 3.05) is 0 Å². The van der Waals surface area contributed by atoms with Crippen LogP contribution in [0.5, 0.6) is 0 Å². The van der Waals surface area contributed by atoms with Gasteiger partial charge in [0.1, 0.15) is 5.82 Å². The van der Waals surface area contributed by atoms with Crippen LogP contribution in [-0.4, -0.2) is 0 Å². The Kier molecular flexibility index (Phi) is 2.88. The van der Waals surface area contributed by atoms with Crippen LogP contribution in [0.1, 0.15) is 18.1 Å². The van der Waals surface area contributed by atoms with Gasteiger partial charge >= 0.3 is 0 Å². The van der Waals surface area contributed by atoms with E-state index in [1.165, 1.54) is 16.9 Å². The number of aryl methyl sites for hydroxylation is 1. The lowest BCUT2D eigenvalue weighted by atomic mass is 10.1. The molecule has 0 spiro atoms. The van der Waals surface area contributed by atoms with E-state index in [2.05, 4.69) is 15.9 Å². The van der Waals surface area contributed by atoms with E-state index in [0.717, 1.165) is 27.4 Å². The third-order valence-corrected chi connectivity index (χ3v) is 3.88. The Morgan fingerprint density at radius 3 is 2.86 bits per heavy atom. The Morgan fingerprint density at radius 2 is 2.21 bits per heavy atom. The molecule has 2 rings (SSSR count). The fourth-order valence-corrected chi connectivity index (χ4v) is 2.96. The van der Waals surface area contributed by atoms with Gasteiger partial charge in [-0.05, 0) is 34.4 Å². The highest BCUT2D eigenvalue weighted by Gasteiger charge is 2.11. The summed E-state index contributed by atoms with van der Waals surface area (Å²) in [6, 6.07) is 3.94. The molecule has 3 heteroatoms. The lowest BCUT2D eigenvalue weighted by Crippen LogP contribution is -1.91. The summed E-state index contributed by atoms with van der Waals surface area (Å²) in [5, 5.41) is 3.77. The molecule has 0 aliphatic rings. The lowest BCUT2D eigenvalue weighted by molar-refractivity contribution is 0.626. The maximum absolute atomic E-state index is 13.8. The monoisotopic (exact) mass is 272 g/mol. The van der Waals surface area contributed by atoms with Gasteiger partial charge in [0.25, 0.3) is 0 Å². The number of alkyl halides is 1. The van der Waals surface area contributed by atoms with Gasteiger partial charge in [0.05, 0.1) is 4.70 Å². The molecule has 14 heavy (non-hydrogen) atoms. The molecule has 0 aliphatic carbocycles. The van der Waals surface area contributed by atoms with Crippen molar-refractivity contribution < 1.29 is 4.39 Å². The van der Waals surface area contributed by atoms with Gasteiger partial charge < -0.3 is 0 Å². The lowest BCUT2D eigenvalue weighted by Gasteiger charge is -2.05. The second-order valence-electron chi connectivity index (χ2n) is 3.16. The Morgan fingerprint density at radius 1 is 1.43 bits per heavy atom. The third kappa shape index (κ3) is 1.48. The van der Waals surface area contributed by atoms with E-state index in [4.69, 9.17) is 0 Å². The first-order valence-electron chi connectivity index (χ1n) is 4.51. The Balaban J connectivity index is 2.80. The van der Waals surface area contributed by atoms with E-state index in [9.17, 15) is 4.39 Å².